The Morgan fingerprint density at radius 1 is 1.25 bits per heavy atom. The maximum Gasteiger partial charge on any atom is 0.228 e. The van der Waals surface area contributed by atoms with Gasteiger partial charge in [-0.05, 0) is 12.1 Å². The third-order valence-corrected chi connectivity index (χ3v) is 3.89. The molecule has 2 fully saturated rings. The Morgan fingerprint density at radius 2 is 2.05 bits per heavy atom. The van der Waals surface area contributed by atoms with Crippen molar-refractivity contribution in [3.8, 4) is 0 Å². The first-order valence-electron chi connectivity index (χ1n) is 6.95. The molecule has 2 aliphatic rings. The van der Waals surface area contributed by atoms with E-state index in [0.29, 0.717) is 26.1 Å². The number of carbonyl (C=O) groups is 2. The van der Waals surface area contributed by atoms with Crippen LogP contribution in [0.2, 0.25) is 0 Å². The van der Waals surface area contributed by atoms with Crippen LogP contribution in [0.5, 0.6) is 0 Å². The minimum atomic E-state index is -0.177. The average Bonchev–Trinajstić information content (AvgIpc) is 2.94. The summed E-state index contributed by atoms with van der Waals surface area (Å²) in [5, 5.41) is 2.72. The fourth-order valence-corrected chi connectivity index (χ4v) is 2.73. The fourth-order valence-electron chi connectivity index (χ4n) is 2.73. The number of anilines is 1. The normalized spacial score (nSPS) is 22.8. The number of amides is 2. The van der Waals surface area contributed by atoms with Gasteiger partial charge in [-0.3, -0.25) is 9.59 Å². The van der Waals surface area contributed by atoms with Gasteiger partial charge in [0.2, 0.25) is 11.8 Å². The number of piperazine rings is 1. The highest BCUT2D eigenvalue weighted by Gasteiger charge is 2.32. The van der Waals surface area contributed by atoms with Crippen molar-refractivity contribution in [1.29, 1.82) is 0 Å². The summed E-state index contributed by atoms with van der Waals surface area (Å²) in [7, 11) is 0. The highest BCUT2D eigenvalue weighted by Crippen LogP contribution is 2.17. The largest absolute Gasteiger partial charge is 0.355 e. The molecule has 0 radical (unpaired) electrons. The Labute approximate surface area is 117 Å². The SMILES string of the molecule is O=C1CC(C(=O)N2CCN(c3ccccn3)CC2)CN1. The second-order valence-electron chi connectivity index (χ2n) is 5.21. The summed E-state index contributed by atoms with van der Waals surface area (Å²) < 4.78 is 0. The molecule has 20 heavy (non-hydrogen) atoms. The summed E-state index contributed by atoms with van der Waals surface area (Å²) >= 11 is 0. The van der Waals surface area contributed by atoms with Crippen LogP contribution >= 0.6 is 0 Å². The zero-order chi connectivity index (χ0) is 13.9. The zero-order valence-electron chi connectivity index (χ0n) is 11.3. The molecule has 0 bridgehead atoms. The van der Waals surface area contributed by atoms with Crippen LogP contribution < -0.4 is 10.2 Å². The smallest absolute Gasteiger partial charge is 0.228 e. The lowest BCUT2D eigenvalue weighted by Gasteiger charge is -2.36. The van der Waals surface area contributed by atoms with Crippen LogP contribution in [0.1, 0.15) is 6.42 Å². The standard InChI is InChI=1S/C14H18N4O2/c19-13-9-11(10-16-13)14(20)18-7-5-17(6-8-18)12-3-1-2-4-15-12/h1-4,11H,5-10H2,(H,16,19). The first kappa shape index (κ1) is 12.9. The lowest BCUT2D eigenvalue weighted by molar-refractivity contribution is -0.136. The highest BCUT2D eigenvalue weighted by molar-refractivity contribution is 5.89. The number of hydrogen-bond acceptors (Lipinski definition) is 4. The molecule has 3 heterocycles. The van der Waals surface area contributed by atoms with Gasteiger partial charge >= 0.3 is 0 Å². The van der Waals surface area contributed by atoms with E-state index in [9.17, 15) is 9.59 Å². The van der Waals surface area contributed by atoms with Gasteiger partial charge in [0.1, 0.15) is 5.82 Å². The number of carbonyl (C=O) groups excluding carboxylic acids is 2. The van der Waals surface area contributed by atoms with E-state index in [-0.39, 0.29) is 17.7 Å². The molecular formula is C14H18N4O2. The molecule has 3 rings (SSSR count). The summed E-state index contributed by atoms with van der Waals surface area (Å²) in [6.07, 6.45) is 2.11. The van der Waals surface area contributed by atoms with Crippen molar-refractivity contribution in [2.45, 2.75) is 6.42 Å². The van der Waals surface area contributed by atoms with Crippen LogP contribution in [0, 0.1) is 5.92 Å². The summed E-state index contributed by atoms with van der Waals surface area (Å²) in [4.78, 5) is 31.8. The third kappa shape index (κ3) is 2.59. The lowest BCUT2D eigenvalue weighted by Crippen LogP contribution is -2.50. The van der Waals surface area contributed by atoms with E-state index in [2.05, 4.69) is 15.2 Å². The van der Waals surface area contributed by atoms with Gasteiger partial charge in [-0.2, -0.15) is 0 Å². The molecule has 0 aliphatic carbocycles. The monoisotopic (exact) mass is 274 g/mol. The number of nitrogens with one attached hydrogen (secondary N) is 1. The molecule has 0 aromatic carbocycles. The molecule has 2 aliphatic heterocycles. The van der Waals surface area contributed by atoms with Gasteiger partial charge in [-0.25, -0.2) is 4.98 Å². The molecule has 2 saturated heterocycles. The van der Waals surface area contributed by atoms with Gasteiger partial charge in [0.15, 0.2) is 0 Å². The van der Waals surface area contributed by atoms with Crippen LogP contribution in [-0.4, -0.2) is 54.4 Å². The average molecular weight is 274 g/mol. The van der Waals surface area contributed by atoms with E-state index in [0.717, 1.165) is 18.9 Å². The summed E-state index contributed by atoms with van der Waals surface area (Å²) in [6.45, 7) is 3.45. The fraction of sp³-hybridized carbons (Fsp3) is 0.500. The van der Waals surface area contributed by atoms with Crippen LogP contribution in [0.25, 0.3) is 0 Å². The van der Waals surface area contributed by atoms with Crippen LogP contribution in [0.3, 0.4) is 0 Å². The van der Waals surface area contributed by atoms with Crippen molar-refractivity contribution >= 4 is 17.6 Å². The van der Waals surface area contributed by atoms with Gasteiger partial charge < -0.3 is 15.1 Å². The molecule has 6 heteroatoms. The minimum Gasteiger partial charge on any atom is -0.355 e. The van der Waals surface area contributed by atoms with Gasteiger partial charge in [0.05, 0.1) is 5.92 Å². The summed E-state index contributed by atoms with van der Waals surface area (Å²) in [5.41, 5.74) is 0. The Bertz CT molecular complexity index is 497. The van der Waals surface area contributed by atoms with E-state index in [1.54, 1.807) is 6.20 Å². The topological polar surface area (TPSA) is 65.5 Å². The Balaban J connectivity index is 1.56. The van der Waals surface area contributed by atoms with Crippen molar-refractivity contribution in [2.24, 2.45) is 5.92 Å². The third-order valence-electron chi connectivity index (χ3n) is 3.89. The van der Waals surface area contributed by atoms with Gasteiger partial charge in [-0.15, -0.1) is 0 Å². The first-order valence-corrected chi connectivity index (χ1v) is 6.95. The number of rotatable bonds is 2. The van der Waals surface area contributed by atoms with Crippen molar-refractivity contribution in [3.05, 3.63) is 24.4 Å². The number of hydrogen-bond donors (Lipinski definition) is 1. The number of nitrogens with zero attached hydrogens (tertiary/aromatic N) is 3. The van der Waals surface area contributed by atoms with Gasteiger partial charge in [-0.1, -0.05) is 6.07 Å². The van der Waals surface area contributed by atoms with E-state index >= 15 is 0 Å². The molecule has 0 saturated carbocycles. The van der Waals surface area contributed by atoms with Crippen LogP contribution in [-0.2, 0) is 9.59 Å². The lowest BCUT2D eigenvalue weighted by atomic mass is 10.1. The molecule has 1 aromatic rings. The van der Waals surface area contributed by atoms with E-state index in [4.69, 9.17) is 0 Å². The number of aromatic nitrogens is 1. The minimum absolute atomic E-state index is 0.0181. The van der Waals surface area contributed by atoms with Crippen molar-refractivity contribution < 1.29 is 9.59 Å². The molecule has 1 atom stereocenters. The summed E-state index contributed by atoms with van der Waals surface area (Å²) in [5.74, 6) is 0.862. The second-order valence-corrected chi connectivity index (χ2v) is 5.21. The maximum absolute atomic E-state index is 12.3. The second kappa shape index (κ2) is 5.48. The van der Waals surface area contributed by atoms with Crippen molar-refractivity contribution in [2.75, 3.05) is 37.6 Å². The Hall–Kier alpha value is -2.11. The van der Waals surface area contributed by atoms with Crippen molar-refractivity contribution in [3.63, 3.8) is 0 Å². The summed E-state index contributed by atoms with van der Waals surface area (Å²) in [6, 6.07) is 5.85. The zero-order valence-corrected chi connectivity index (χ0v) is 11.3. The number of pyridine rings is 1. The predicted octanol–water partition coefficient (Wildman–Crippen LogP) is -0.134. The van der Waals surface area contributed by atoms with Gasteiger partial charge in [0.25, 0.3) is 0 Å². The molecule has 1 aromatic heterocycles. The van der Waals surface area contributed by atoms with Gasteiger partial charge in [0, 0.05) is 45.3 Å². The molecule has 1 N–H and O–H groups in total. The molecule has 6 nitrogen and oxygen atoms in total. The first-order chi connectivity index (χ1) is 9.74. The quantitative estimate of drug-likeness (QED) is 0.815. The molecule has 0 spiro atoms. The van der Waals surface area contributed by atoms with E-state index < -0.39 is 0 Å². The Kier molecular flexibility index (Phi) is 3.54. The maximum atomic E-state index is 12.3. The molecule has 106 valence electrons. The molecule has 1 unspecified atom stereocenters. The van der Waals surface area contributed by atoms with Crippen LogP contribution in [0.15, 0.2) is 24.4 Å². The van der Waals surface area contributed by atoms with E-state index in [1.807, 2.05) is 23.1 Å². The highest BCUT2D eigenvalue weighted by atomic mass is 16.2. The van der Waals surface area contributed by atoms with E-state index in [1.165, 1.54) is 0 Å². The van der Waals surface area contributed by atoms with Crippen LogP contribution in [0.4, 0.5) is 5.82 Å². The Morgan fingerprint density at radius 3 is 2.65 bits per heavy atom. The molecule has 2 amide bonds. The molecular weight excluding hydrogens is 256 g/mol. The van der Waals surface area contributed by atoms with Crippen molar-refractivity contribution in [1.82, 2.24) is 15.2 Å². The predicted molar refractivity (Wildman–Crippen MR) is 74.1 cm³/mol.